The molecule has 100 valence electrons. The Balaban J connectivity index is 1.80. The van der Waals surface area contributed by atoms with Crippen LogP contribution in [-0.2, 0) is 6.61 Å². The number of halogens is 1. The van der Waals surface area contributed by atoms with Gasteiger partial charge in [-0.25, -0.2) is 4.39 Å². The maximum atomic E-state index is 13.6. The molecular weight excluding hydrogens is 275 g/mol. The quantitative estimate of drug-likeness (QED) is 0.663. The smallest absolute Gasteiger partial charge is 0.165 e. The van der Waals surface area contributed by atoms with Crippen molar-refractivity contribution in [3.63, 3.8) is 0 Å². The van der Waals surface area contributed by atoms with Crippen molar-refractivity contribution in [3.05, 3.63) is 64.8 Å². The van der Waals surface area contributed by atoms with Crippen LogP contribution in [0.1, 0.15) is 15.2 Å². The normalized spacial score (nSPS) is 10.7. The highest BCUT2D eigenvalue weighted by Crippen LogP contribution is 2.27. The fourth-order valence-corrected chi connectivity index (χ4v) is 2.94. The Bertz CT molecular complexity index is 731. The number of aldehydes is 1. The van der Waals surface area contributed by atoms with Crippen LogP contribution in [0.5, 0.6) is 5.75 Å². The van der Waals surface area contributed by atoms with Crippen LogP contribution >= 0.6 is 11.3 Å². The van der Waals surface area contributed by atoms with Gasteiger partial charge < -0.3 is 4.74 Å². The van der Waals surface area contributed by atoms with Gasteiger partial charge in [-0.1, -0.05) is 18.2 Å². The lowest BCUT2D eigenvalue weighted by molar-refractivity contribution is 0.112. The Hall–Kier alpha value is -2.20. The van der Waals surface area contributed by atoms with Crippen LogP contribution in [0.2, 0.25) is 0 Å². The summed E-state index contributed by atoms with van der Waals surface area (Å²) < 4.78 is 20.2. The topological polar surface area (TPSA) is 26.3 Å². The molecule has 3 rings (SSSR count). The number of hydrogen-bond donors (Lipinski definition) is 0. The van der Waals surface area contributed by atoms with Crippen molar-refractivity contribution >= 4 is 27.7 Å². The Labute approximate surface area is 119 Å². The number of hydrogen-bond acceptors (Lipinski definition) is 3. The molecule has 0 N–H and O–H groups in total. The van der Waals surface area contributed by atoms with Gasteiger partial charge in [0.05, 0.1) is 0 Å². The first kappa shape index (κ1) is 12.8. The summed E-state index contributed by atoms with van der Waals surface area (Å²) in [5.41, 5.74) is 0.401. The minimum absolute atomic E-state index is 0.104. The average molecular weight is 286 g/mol. The molecule has 3 aromatic rings. The maximum Gasteiger partial charge on any atom is 0.165 e. The van der Waals surface area contributed by atoms with Crippen molar-refractivity contribution in [1.29, 1.82) is 0 Å². The van der Waals surface area contributed by atoms with Crippen molar-refractivity contribution < 1.29 is 13.9 Å². The van der Waals surface area contributed by atoms with Gasteiger partial charge in [-0.15, -0.1) is 11.3 Å². The molecule has 0 spiro atoms. The van der Waals surface area contributed by atoms with Gasteiger partial charge in [-0.05, 0) is 35.7 Å². The molecule has 0 saturated heterocycles. The summed E-state index contributed by atoms with van der Waals surface area (Å²) in [5, 5.41) is 1.15. The lowest BCUT2D eigenvalue weighted by Crippen LogP contribution is -1.96. The number of carbonyl (C=O) groups is 1. The SMILES string of the molecule is O=Cc1ccc(F)c(OCc2cc3ccccc3s2)c1. The third kappa shape index (κ3) is 2.56. The standard InChI is InChI=1S/C16H11FO2S/c17-14-6-5-11(9-18)7-15(14)19-10-13-8-12-3-1-2-4-16(12)20-13/h1-9H,10H2. The Morgan fingerprint density at radius 1 is 1.15 bits per heavy atom. The summed E-state index contributed by atoms with van der Waals surface area (Å²) in [6, 6.07) is 14.1. The zero-order valence-corrected chi connectivity index (χ0v) is 11.3. The van der Waals surface area contributed by atoms with Crippen LogP contribution in [0, 0.1) is 5.82 Å². The van der Waals surface area contributed by atoms with Crippen LogP contribution in [0.25, 0.3) is 10.1 Å². The van der Waals surface area contributed by atoms with Gasteiger partial charge in [0.1, 0.15) is 12.9 Å². The molecule has 0 amide bonds. The van der Waals surface area contributed by atoms with Crippen molar-refractivity contribution in [2.24, 2.45) is 0 Å². The van der Waals surface area contributed by atoms with E-state index in [0.29, 0.717) is 18.5 Å². The molecule has 0 bridgehead atoms. The molecule has 0 aliphatic heterocycles. The van der Waals surface area contributed by atoms with E-state index in [1.165, 1.54) is 22.9 Å². The van der Waals surface area contributed by atoms with Crippen LogP contribution in [-0.4, -0.2) is 6.29 Å². The van der Waals surface area contributed by atoms with Gasteiger partial charge in [-0.2, -0.15) is 0 Å². The molecule has 2 nitrogen and oxygen atoms in total. The highest BCUT2D eigenvalue weighted by molar-refractivity contribution is 7.19. The van der Waals surface area contributed by atoms with Crippen LogP contribution in [0.15, 0.2) is 48.5 Å². The van der Waals surface area contributed by atoms with Gasteiger partial charge in [0.25, 0.3) is 0 Å². The number of ether oxygens (including phenoxy) is 1. The molecule has 0 aliphatic rings. The lowest BCUT2D eigenvalue weighted by Gasteiger charge is -2.06. The Morgan fingerprint density at radius 2 is 2.00 bits per heavy atom. The third-order valence-corrected chi connectivity index (χ3v) is 4.03. The monoisotopic (exact) mass is 286 g/mol. The second kappa shape index (κ2) is 5.43. The van der Waals surface area contributed by atoms with Crippen LogP contribution in [0.3, 0.4) is 0 Å². The molecule has 0 radical (unpaired) electrons. The second-order valence-corrected chi connectivity index (χ2v) is 5.52. The van der Waals surface area contributed by atoms with E-state index in [2.05, 4.69) is 0 Å². The first-order chi connectivity index (χ1) is 9.76. The van der Waals surface area contributed by atoms with E-state index in [1.54, 1.807) is 11.3 Å². The number of rotatable bonds is 4. The Morgan fingerprint density at radius 3 is 2.80 bits per heavy atom. The highest BCUT2D eigenvalue weighted by Gasteiger charge is 2.07. The molecule has 0 saturated carbocycles. The first-order valence-corrected chi connectivity index (χ1v) is 6.93. The predicted molar refractivity (Wildman–Crippen MR) is 77.9 cm³/mol. The molecule has 0 fully saturated rings. The minimum Gasteiger partial charge on any atom is -0.485 e. The predicted octanol–water partition coefficient (Wildman–Crippen LogP) is 4.43. The fourth-order valence-electron chi connectivity index (χ4n) is 1.96. The zero-order chi connectivity index (χ0) is 13.9. The summed E-state index contributed by atoms with van der Waals surface area (Å²) in [5.74, 6) is -0.358. The number of benzene rings is 2. The van der Waals surface area contributed by atoms with Crippen LogP contribution < -0.4 is 4.74 Å². The molecule has 1 aromatic heterocycles. The van der Waals surface area contributed by atoms with E-state index in [-0.39, 0.29) is 5.75 Å². The van der Waals surface area contributed by atoms with Crippen molar-refractivity contribution in [3.8, 4) is 5.75 Å². The van der Waals surface area contributed by atoms with E-state index >= 15 is 0 Å². The first-order valence-electron chi connectivity index (χ1n) is 6.11. The van der Waals surface area contributed by atoms with E-state index in [4.69, 9.17) is 4.74 Å². The minimum atomic E-state index is -0.461. The molecule has 0 unspecified atom stereocenters. The molecule has 0 aliphatic carbocycles. The van der Waals surface area contributed by atoms with Gasteiger partial charge >= 0.3 is 0 Å². The number of fused-ring (bicyclic) bond motifs is 1. The number of thiophene rings is 1. The van der Waals surface area contributed by atoms with E-state index in [1.807, 2.05) is 30.3 Å². The van der Waals surface area contributed by atoms with Gasteiger partial charge in [0.2, 0.25) is 0 Å². The van der Waals surface area contributed by atoms with Gasteiger partial charge in [0.15, 0.2) is 11.6 Å². The van der Waals surface area contributed by atoms with E-state index in [0.717, 1.165) is 10.3 Å². The number of carbonyl (C=O) groups excluding carboxylic acids is 1. The largest absolute Gasteiger partial charge is 0.485 e. The lowest BCUT2D eigenvalue weighted by atomic mass is 10.2. The average Bonchev–Trinajstić information content (AvgIpc) is 2.89. The molecule has 0 atom stereocenters. The van der Waals surface area contributed by atoms with Crippen molar-refractivity contribution in [1.82, 2.24) is 0 Å². The summed E-state index contributed by atoms with van der Waals surface area (Å²) in [6.45, 7) is 0.290. The fraction of sp³-hybridized carbons (Fsp3) is 0.0625. The molecule has 1 heterocycles. The van der Waals surface area contributed by atoms with E-state index in [9.17, 15) is 9.18 Å². The maximum absolute atomic E-state index is 13.6. The summed E-state index contributed by atoms with van der Waals surface area (Å²) in [6.07, 6.45) is 0.672. The highest BCUT2D eigenvalue weighted by atomic mass is 32.1. The van der Waals surface area contributed by atoms with Gasteiger partial charge in [-0.3, -0.25) is 4.79 Å². The second-order valence-electron chi connectivity index (χ2n) is 4.35. The Kier molecular flexibility index (Phi) is 3.48. The molecule has 2 aromatic carbocycles. The zero-order valence-electron chi connectivity index (χ0n) is 10.5. The summed E-state index contributed by atoms with van der Waals surface area (Å²) in [7, 11) is 0. The molecular formula is C16H11FO2S. The van der Waals surface area contributed by atoms with E-state index < -0.39 is 5.82 Å². The van der Waals surface area contributed by atoms with Crippen LogP contribution in [0.4, 0.5) is 4.39 Å². The van der Waals surface area contributed by atoms with Gasteiger partial charge in [0, 0.05) is 15.1 Å². The summed E-state index contributed by atoms with van der Waals surface area (Å²) >= 11 is 1.62. The third-order valence-electron chi connectivity index (χ3n) is 2.94. The van der Waals surface area contributed by atoms with Crippen molar-refractivity contribution in [2.75, 3.05) is 0 Å². The van der Waals surface area contributed by atoms with Crippen molar-refractivity contribution in [2.45, 2.75) is 6.61 Å². The molecule has 20 heavy (non-hydrogen) atoms. The molecule has 4 heteroatoms. The summed E-state index contributed by atoms with van der Waals surface area (Å²) in [4.78, 5) is 11.7.